The van der Waals surface area contributed by atoms with Gasteiger partial charge in [-0.1, -0.05) is 11.6 Å². The quantitative estimate of drug-likeness (QED) is 0.901. The Bertz CT molecular complexity index is 499. The van der Waals surface area contributed by atoms with Gasteiger partial charge in [0, 0.05) is 12.6 Å². The van der Waals surface area contributed by atoms with Crippen molar-refractivity contribution in [2.24, 2.45) is 5.92 Å². The van der Waals surface area contributed by atoms with Crippen molar-refractivity contribution >= 4 is 17.5 Å². The number of aryl methyl sites for hydroxylation is 1. The molecule has 0 aliphatic heterocycles. The first kappa shape index (κ1) is 15.3. The molecule has 110 valence electrons. The molecule has 0 bridgehead atoms. The normalized spacial score (nSPS) is 22.6. The van der Waals surface area contributed by atoms with Crippen LogP contribution in [0.5, 0.6) is 0 Å². The highest BCUT2D eigenvalue weighted by atomic mass is 35.5. The molecule has 1 aromatic carbocycles. The zero-order valence-electron chi connectivity index (χ0n) is 11.5. The van der Waals surface area contributed by atoms with Crippen LogP contribution in [0.25, 0.3) is 0 Å². The predicted molar refractivity (Wildman–Crippen MR) is 76.4 cm³/mol. The van der Waals surface area contributed by atoms with Crippen LogP contribution in [0.4, 0.5) is 4.39 Å². The molecule has 1 aromatic rings. The van der Waals surface area contributed by atoms with Gasteiger partial charge in [0.1, 0.15) is 5.82 Å². The lowest BCUT2D eigenvalue weighted by Gasteiger charge is -2.28. The molecule has 0 spiro atoms. The molecule has 2 rings (SSSR count). The molecule has 0 radical (unpaired) electrons. The van der Waals surface area contributed by atoms with E-state index in [0.29, 0.717) is 17.0 Å². The smallest absolute Gasteiger partial charge is 0.253 e. The molecule has 1 aliphatic carbocycles. The summed E-state index contributed by atoms with van der Waals surface area (Å²) >= 11 is 5.93. The van der Waals surface area contributed by atoms with E-state index in [-0.39, 0.29) is 23.6 Å². The van der Waals surface area contributed by atoms with Gasteiger partial charge in [0.2, 0.25) is 0 Å². The molecule has 1 saturated carbocycles. The Morgan fingerprint density at radius 1 is 1.40 bits per heavy atom. The molecule has 5 heteroatoms. The van der Waals surface area contributed by atoms with E-state index in [1.807, 2.05) is 0 Å². The Balaban J connectivity index is 2.01. The van der Waals surface area contributed by atoms with E-state index in [9.17, 15) is 9.18 Å². The monoisotopic (exact) mass is 299 g/mol. The fourth-order valence-electron chi connectivity index (χ4n) is 2.58. The zero-order valence-corrected chi connectivity index (χ0v) is 12.2. The van der Waals surface area contributed by atoms with E-state index in [2.05, 4.69) is 5.32 Å². The van der Waals surface area contributed by atoms with Crippen LogP contribution in [0.2, 0.25) is 5.02 Å². The van der Waals surface area contributed by atoms with Gasteiger partial charge >= 0.3 is 0 Å². The standard InChI is InChI=1S/C15H19ClFNO2/c1-9-6-12(13(16)7-14(9)17)15(20)18-11-4-2-10(8-19)3-5-11/h6-7,10-11,19H,2-5,8H2,1H3,(H,18,20). The van der Waals surface area contributed by atoms with Crippen molar-refractivity contribution in [3.05, 3.63) is 34.1 Å². The number of carbonyl (C=O) groups excluding carboxylic acids is 1. The van der Waals surface area contributed by atoms with Crippen LogP contribution in [0.1, 0.15) is 41.6 Å². The summed E-state index contributed by atoms with van der Waals surface area (Å²) in [6.45, 7) is 1.82. The maximum absolute atomic E-state index is 13.3. The zero-order chi connectivity index (χ0) is 14.7. The summed E-state index contributed by atoms with van der Waals surface area (Å²) in [5, 5.41) is 12.2. The maximum Gasteiger partial charge on any atom is 0.253 e. The molecule has 0 heterocycles. The number of rotatable bonds is 3. The van der Waals surface area contributed by atoms with Gasteiger partial charge in [-0.05, 0) is 56.2 Å². The Labute approximate surface area is 123 Å². The van der Waals surface area contributed by atoms with Gasteiger partial charge in [0.05, 0.1) is 10.6 Å². The lowest BCUT2D eigenvalue weighted by molar-refractivity contribution is 0.0914. The van der Waals surface area contributed by atoms with E-state index in [4.69, 9.17) is 16.7 Å². The third kappa shape index (κ3) is 3.49. The van der Waals surface area contributed by atoms with Gasteiger partial charge in [0.15, 0.2) is 0 Å². The van der Waals surface area contributed by atoms with Crippen molar-refractivity contribution in [1.29, 1.82) is 0 Å². The summed E-state index contributed by atoms with van der Waals surface area (Å²) in [6, 6.07) is 2.76. The second kappa shape index (κ2) is 6.55. The van der Waals surface area contributed by atoms with E-state index in [1.54, 1.807) is 6.92 Å². The molecule has 1 fully saturated rings. The molecular formula is C15H19ClFNO2. The van der Waals surface area contributed by atoms with Crippen molar-refractivity contribution in [1.82, 2.24) is 5.32 Å². The molecule has 20 heavy (non-hydrogen) atoms. The van der Waals surface area contributed by atoms with Gasteiger partial charge in [-0.2, -0.15) is 0 Å². The fraction of sp³-hybridized carbons (Fsp3) is 0.533. The molecule has 3 nitrogen and oxygen atoms in total. The van der Waals surface area contributed by atoms with Gasteiger partial charge in [-0.15, -0.1) is 0 Å². The molecule has 0 unspecified atom stereocenters. The summed E-state index contributed by atoms with van der Waals surface area (Å²) in [6.07, 6.45) is 3.54. The number of hydrogen-bond acceptors (Lipinski definition) is 2. The van der Waals surface area contributed by atoms with Crippen LogP contribution < -0.4 is 5.32 Å². The molecule has 0 aromatic heterocycles. The minimum Gasteiger partial charge on any atom is -0.396 e. The number of aliphatic hydroxyl groups is 1. The first-order chi connectivity index (χ1) is 9.51. The lowest BCUT2D eigenvalue weighted by Crippen LogP contribution is -2.38. The van der Waals surface area contributed by atoms with Crippen LogP contribution in [0, 0.1) is 18.7 Å². The molecule has 0 saturated heterocycles. The summed E-state index contributed by atoms with van der Waals surface area (Å²) < 4.78 is 13.3. The number of aliphatic hydroxyl groups excluding tert-OH is 1. The third-order valence-corrected chi connectivity index (χ3v) is 4.25. The molecule has 2 N–H and O–H groups in total. The average Bonchev–Trinajstić information content (AvgIpc) is 2.43. The minimum absolute atomic E-state index is 0.103. The van der Waals surface area contributed by atoms with Gasteiger partial charge in [-0.25, -0.2) is 4.39 Å². The Hall–Kier alpha value is -1.13. The Kier molecular flexibility index (Phi) is 5.00. The summed E-state index contributed by atoms with van der Waals surface area (Å²) in [7, 11) is 0. The predicted octanol–water partition coefficient (Wildman–Crippen LogP) is 3.07. The fourth-order valence-corrected chi connectivity index (χ4v) is 2.82. The highest BCUT2D eigenvalue weighted by molar-refractivity contribution is 6.33. The summed E-state index contributed by atoms with van der Waals surface area (Å²) in [4.78, 5) is 12.2. The number of halogens is 2. The van der Waals surface area contributed by atoms with E-state index in [1.165, 1.54) is 12.1 Å². The summed E-state index contributed by atoms with van der Waals surface area (Å²) in [5.41, 5.74) is 0.721. The van der Waals surface area contributed by atoms with Crippen LogP contribution in [0.15, 0.2) is 12.1 Å². The lowest BCUT2D eigenvalue weighted by atomic mass is 9.86. The van der Waals surface area contributed by atoms with Gasteiger partial charge in [0.25, 0.3) is 5.91 Å². The Morgan fingerprint density at radius 2 is 2.05 bits per heavy atom. The number of hydrogen-bond donors (Lipinski definition) is 2. The first-order valence-electron chi connectivity index (χ1n) is 6.88. The molecular weight excluding hydrogens is 281 g/mol. The molecule has 1 amide bonds. The van der Waals surface area contributed by atoms with E-state index >= 15 is 0 Å². The van der Waals surface area contributed by atoms with Crippen molar-refractivity contribution in [3.63, 3.8) is 0 Å². The highest BCUT2D eigenvalue weighted by Crippen LogP contribution is 2.25. The average molecular weight is 300 g/mol. The highest BCUT2D eigenvalue weighted by Gasteiger charge is 2.23. The van der Waals surface area contributed by atoms with Crippen molar-refractivity contribution in [2.75, 3.05) is 6.61 Å². The second-order valence-corrected chi connectivity index (χ2v) is 5.86. The van der Waals surface area contributed by atoms with E-state index in [0.717, 1.165) is 25.7 Å². The number of carbonyl (C=O) groups is 1. The number of amides is 1. The van der Waals surface area contributed by atoms with Crippen LogP contribution in [-0.2, 0) is 0 Å². The Morgan fingerprint density at radius 3 is 2.65 bits per heavy atom. The topological polar surface area (TPSA) is 49.3 Å². The van der Waals surface area contributed by atoms with Gasteiger partial charge < -0.3 is 10.4 Å². The van der Waals surface area contributed by atoms with E-state index < -0.39 is 5.82 Å². The SMILES string of the molecule is Cc1cc(C(=O)NC2CCC(CO)CC2)c(Cl)cc1F. The van der Waals surface area contributed by atoms with Crippen LogP contribution in [-0.4, -0.2) is 23.7 Å². The van der Waals surface area contributed by atoms with Crippen molar-refractivity contribution in [3.8, 4) is 0 Å². The van der Waals surface area contributed by atoms with Crippen molar-refractivity contribution in [2.45, 2.75) is 38.6 Å². The summed E-state index contributed by atoms with van der Waals surface area (Å²) in [5.74, 6) is -0.319. The van der Waals surface area contributed by atoms with Crippen LogP contribution >= 0.6 is 11.6 Å². The number of nitrogens with one attached hydrogen (secondary N) is 1. The number of benzene rings is 1. The largest absolute Gasteiger partial charge is 0.396 e. The second-order valence-electron chi connectivity index (χ2n) is 5.45. The third-order valence-electron chi connectivity index (χ3n) is 3.93. The van der Waals surface area contributed by atoms with Crippen molar-refractivity contribution < 1.29 is 14.3 Å². The maximum atomic E-state index is 13.3. The molecule has 1 aliphatic rings. The van der Waals surface area contributed by atoms with Gasteiger partial charge in [-0.3, -0.25) is 4.79 Å². The first-order valence-corrected chi connectivity index (χ1v) is 7.26. The minimum atomic E-state index is -0.407. The van der Waals surface area contributed by atoms with Crippen LogP contribution in [0.3, 0.4) is 0 Å². The molecule has 0 atom stereocenters.